The summed E-state index contributed by atoms with van der Waals surface area (Å²) in [7, 11) is 0. The van der Waals surface area contributed by atoms with E-state index in [2.05, 4.69) is 16.8 Å². The van der Waals surface area contributed by atoms with Crippen LogP contribution in [0.2, 0.25) is 0 Å². The van der Waals surface area contributed by atoms with Crippen molar-refractivity contribution in [2.45, 2.75) is 6.04 Å². The molecule has 0 saturated carbocycles. The van der Waals surface area contributed by atoms with Crippen LogP contribution >= 0.6 is 11.1 Å². The Morgan fingerprint density at radius 1 is 1.50 bits per heavy atom. The van der Waals surface area contributed by atoms with Gasteiger partial charge in [-0.2, -0.15) is 0 Å². The minimum Gasteiger partial charge on any atom is -0.325 e. The molecule has 1 rings (SSSR count). The van der Waals surface area contributed by atoms with Gasteiger partial charge >= 0.3 is 0 Å². The van der Waals surface area contributed by atoms with Crippen molar-refractivity contribution in [2.24, 2.45) is 5.73 Å². The Kier molecular flexibility index (Phi) is 1.80. The van der Waals surface area contributed by atoms with Gasteiger partial charge in [0.1, 0.15) is 0 Å². The number of hydrogen-bond acceptors (Lipinski definition) is 2. The van der Waals surface area contributed by atoms with Crippen LogP contribution in [0.4, 0.5) is 0 Å². The molecule has 2 nitrogen and oxygen atoms in total. The van der Waals surface area contributed by atoms with Crippen LogP contribution in [0.15, 0.2) is 0 Å². The fraction of sp³-hybridized carbons (Fsp3) is 1.00. The van der Waals surface area contributed by atoms with Crippen molar-refractivity contribution in [1.29, 1.82) is 0 Å². The van der Waals surface area contributed by atoms with Crippen molar-refractivity contribution in [2.75, 3.05) is 25.6 Å². The van der Waals surface area contributed by atoms with Gasteiger partial charge in [-0.05, 0) is 12.5 Å². The van der Waals surface area contributed by atoms with Crippen LogP contribution in [0.1, 0.15) is 0 Å². The first-order chi connectivity index (χ1) is 3.70. The second-order valence-corrected chi connectivity index (χ2v) is 4.74. The zero-order valence-electron chi connectivity index (χ0n) is 5.46. The lowest BCUT2D eigenvalue weighted by molar-refractivity contribution is 0.289. The number of rotatable bonds is 1. The monoisotopic (exact) mass is 134 g/mol. The summed E-state index contributed by atoms with van der Waals surface area (Å²) in [5, 5.41) is 0. The van der Waals surface area contributed by atoms with E-state index in [4.69, 9.17) is 5.73 Å². The third-order valence-corrected chi connectivity index (χ3v) is 2.91. The Balaban J connectivity index is 2.15. The summed E-state index contributed by atoms with van der Waals surface area (Å²) in [6, 6.07) is 0.472. The topological polar surface area (TPSA) is 29.3 Å². The molecule has 0 bridgehead atoms. The van der Waals surface area contributed by atoms with Gasteiger partial charge in [0, 0.05) is 19.1 Å². The Morgan fingerprint density at radius 2 is 2.00 bits per heavy atom. The molecule has 1 saturated heterocycles. The zero-order chi connectivity index (χ0) is 6.15. The summed E-state index contributed by atoms with van der Waals surface area (Å²) in [4.78, 5) is 0. The molecule has 50 valence electrons. The van der Waals surface area contributed by atoms with Gasteiger partial charge in [0.25, 0.3) is 0 Å². The van der Waals surface area contributed by atoms with Gasteiger partial charge in [-0.15, -0.1) is 0 Å². The zero-order valence-corrected chi connectivity index (χ0v) is 6.36. The van der Waals surface area contributed by atoms with Crippen molar-refractivity contribution in [3.63, 3.8) is 0 Å². The smallest absolute Gasteiger partial charge is 0.0314 e. The third-order valence-electron chi connectivity index (χ3n) is 1.46. The molecule has 0 aromatic rings. The highest BCUT2D eigenvalue weighted by molar-refractivity contribution is 8.13. The summed E-state index contributed by atoms with van der Waals surface area (Å²) < 4.78 is 2.43. The first kappa shape index (κ1) is 6.39. The molecule has 0 aromatic heterocycles. The fourth-order valence-electron chi connectivity index (χ4n) is 0.815. The van der Waals surface area contributed by atoms with Crippen LogP contribution in [-0.2, 0) is 0 Å². The van der Waals surface area contributed by atoms with Crippen molar-refractivity contribution in [1.82, 2.24) is 4.31 Å². The molecule has 1 heterocycles. The molecule has 3 heteroatoms. The molecule has 0 amide bonds. The van der Waals surface area contributed by atoms with Gasteiger partial charge in [0.15, 0.2) is 0 Å². The van der Waals surface area contributed by atoms with E-state index in [0.29, 0.717) is 6.04 Å². The first-order valence-corrected chi connectivity index (χ1v) is 5.07. The van der Waals surface area contributed by atoms with Gasteiger partial charge < -0.3 is 5.73 Å². The van der Waals surface area contributed by atoms with E-state index in [9.17, 15) is 0 Å². The minimum atomic E-state index is 0.152. The average molecular weight is 134 g/mol. The summed E-state index contributed by atoms with van der Waals surface area (Å²) in [6.07, 6.45) is 4.53. The summed E-state index contributed by atoms with van der Waals surface area (Å²) in [5.74, 6) is 0. The van der Waals surface area contributed by atoms with Crippen LogP contribution < -0.4 is 5.73 Å². The largest absolute Gasteiger partial charge is 0.325 e. The van der Waals surface area contributed by atoms with Crippen LogP contribution in [0.5, 0.6) is 0 Å². The van der Waals surface area contributed by atoms with E-state index >= 15 is 0 Å². The van der Waals surface area contributed by atoms with Gasteiger partial charge in [-0.25, -0.2) is 11.1 Å². The molecule has 1 aliphatic rings. The van der Waals surface area contributed by atoms with Crippen molar-refractivity contribution >= 4 is 11.1 Å². The van der Waals surface area contributed by atoms with Gasteiger partial charge in [-0.1, -0.05) is 0 Å². The number of hydrogen-bond donors (Lipinski definition) is 2. The molecule has 1 aliphatic heterocycles. The maximum atomic E-state index is 5.58. The lowest BCUT2D eigenvalue weighted by Crippen LogP contribution is -2.53. The number of nitrogens with zero attached hydrogens (tertiary/aromatic N) is 1. The van der Waals surface area contributed by atoms with Crippen LogP contribution in [0.25, 0.3) is 0 Å². The van der Waals surface area contributed by atoms with Crippen LogP contribution in [-0.4, -0.2) is 35.9 Å². The number of nitrogens with two attached hydrogens (primary N) is 1. The SMILES string of the molecule is C[SH](C)N1CC(N)C1. The fourth-order valence-corrected chi connectivity index (χ4v) is 1.89. The maximum Gasteiger partial charge on any atom is 0.0314 e. The van der Waals surface area contributed by atoms with E-state index in [0.717, 1.165) is 13.1 Å². The van der Waals surface area contributed by atoms with Gasteiger partial charge in [-0.3, -0.25) is 4.31 Å². The van der Waals surface area contributed by atoms with E-state index in [1.165, 1.54) is 0 Å². The molecule has 1 fully saturated rings. The van der Waals surface area contributed by atoms with Gasteiger partial charge in [0.2, 0.25) is 0 Å². The Morgan fingerprint density at radius 3 is 2.12 bits per heavy atom. The summed E-state index contributed by atoms with van der Waals surface area (Å²) in [6.45, 7) is 2.25. The normalized spacial score (nSPS) is 25.1. The standard InChI is InChI=1S/C5H14N2S/c1-8(2)7-3-5(6)4-7/h5,8H,3-4,6H2,1-2H3. The summed E-state index contributed by atoms with van der Waals surface area (Å²) in [5.41, 5.74) is 5.58. The molecular formula is C5H14N2S. The highest BCUT2D eigenvalue weighted by Gasteiger charge is 2.23. The minimum absolute atomic E-state index is 0.152. The molecule has 8 heavy (non-hydrogen) atoms. The van der Waals surface area contributed by atoms with E-state index in [-0.39, 0.29) is 11.1 Å². The Bertz CT molecular complexity index is 78.5. The lowest BCUT2D eigenvalue weighted by Gasteiger charge is -2.41. The summed E-state index contributed by atoms with van der Waals surface area (Å²) >= 11 is 0.152. The van der Waals surface area contributed by atoms with Crippen molar-refractivity contribution in [3.8, 4) is 0 Å². The molecule has 0 radical (unpaired) electrons. The average Bonchev–Trinajstić information content (AvgIpc) is 1.57. The first-order valence-electron chi connectivity index (χ1n) is 2.88. The molecular weight excluding hydrogens is 120 g/mol. The predicted octanol–water partition coefficient (Wildman–Crippen LogP) is -0.195. The lowest BCUT2D eigenvalue weighted by atomic mass is 10.2. The van der Waals surface area contributed by atoms with Crippen molar-refractivity contribution < 1.29 is 0 Å². The Labute approximate surface area is 53.5 Å². The highest BCUT2D eigenvalue weighted by atomic mass is 32.2. The molecule has 0 atom stereocenters. The molecule has 2 N–H and O–H groups in total. The molecule has 0 spiro atoms. The molecule has 0 unspecified atom stereocenters. The van der Waals surface area contributed by atoms with Gasteiger partial charge in [0.05, 0.1) is 0 Å². The van der Waals surface area contributed by atoms with Crippen LogP contribution in [0, 0.1) is 0 Å². The van der Waals surface area contributed by atoms with Crippen molar-refractivity contribution in [3.05, 3.63) is 0 Å². The number of thiol groups is 1. The quantitative estimate of drug-likeness (QED) is 0.487. The maximum absolute atomic E-state index is 5.58. The van der Waals surface area contributed by atoms with Crippen LogP contribution in [0.3, 0.4) is 0 Å². The second kappa shape index (κ2) is 2.25. The van der Waals surface area contributed by atoms with E-state index < -0.39 is 0 Å². The molecule has 0 aromatic carbocycles. The highest BCUT2D eigenvalue weighted by Crippen LogP contribution is 2.26. The Hall–Kier alpha value is 0.270. The van der Waals surface area contributed by atoms with E-state index in [1.54, 1.807) is 0 Å². The predicted molar refractivity (Wildman–Crippen MR) is 40.4 cm³/mol. The van der Waals surface area contributed by atoms with E-state index in [1.807, 2.05) is 0 Å². The third kappa shape index (κ3) is 1.16. The molecule has 0 aliphatic carbocycles. The second-order valence-electron chi connectivity index (χ2n) is 2.48.